The van der Waals surface area contributed by atoms with E-state index in [2.05, 4.69) is 4.99 Å². The molecule has 1 amide bonds. The summed E-state index contributed by atoms with van der Waals surface area (Å²) in [4.78, 5) is 29.2. The van der Waals surface area contributed by atoms with Gasteiger partial charge in [0.25, 0.3) is 5.91 Å². The summed E-state index contributed by atoms with van der Waals surface area (Å²) in [5.41, 5.74) is 1.34. The molecule has 0 aliphatic rings. The molecule has 0 bridgehead atoms. The number of carbonyl (C=O) groups excluding carboxylic acids is 2. The molecule has 0 spiro atoms. The molecule has 1 aromatic heterocycles. The Balaban J connectivity index is 2.23. The summed E-state index contributed by atoms with van der Waals surface area (Å²) in [5.74, 6) is -0.819. The summed E-state index contributed by atoms with van der Waals surface area (Å²) in [6, 6.07) is 6.11. The van der Waals surface area contributed by atoms with Crippen LogP contribution in [0.2, 0.25) is 0 Å². The van der Waals surface area contributed by atoms with Crippen LogP contribution in [0.4, 0.5) is 0 Å². The number of ether oxygens (including phenoxy) is 1. The van der Waals surface area contributed by atoms with Crippen LogP contribution in [0.1, 0.15) is 27.9 Å². The van der Waals surface area contributed by atoms with Crippen LogP contribution in [0.3, 0.4) is 0 Å². The number of thiazole rings is 1. The molecular formula is C17H20N2O5S2. The Morgan fingerprint density at radius 1 is 1.23 bits per heavy atom. The molecule has 2 rings (SSSR count). The first-order valence-electron chi connectivity index (χ1n) is 7.83. The van der Waals surface area contributed by atoms with Gasteiger partial charge in [0.1, 0.15) is 4.88 Å². The molecule has 1 aromatic carbocycles. The monoisotopic (exact) mass is 396 g/mol. The second-order valence-electron chi connectivity index (χ2n) is 5.68. The Labute approximate surface area is 155 Å². The molecular weight excluding hydrogens is 376 g/mol. The molecule has 2 aromatic rings. The Kier molecular flexibility index (Phi) is 6.14. The topological polar surface area (TPSA) is 94.8 Å². The van der Waals surface area contributed by atoms with E-state index in [1.807, 2.05) is 0 Å². The van der Waals surface area contributed by atoms with Crippen LogP contribution in [0.15, 0.2) is 34.2 Å². The van der Waals surface area contributed by atoms with Gasteiger partial charge in [0, 0.05) is 19.0 Å². The van der Waals surface area contributed by atoms with Crippen molar-refractivity contribution in [2.45, 2.75) is 25.2 Å². The van der Waals surface area contributed by atoms with Crippen LogP contribution in [0, 0.1) is 6.92 Å². The molecule has 0 atom stereocenters. The van der Waals surface area contributed by atoms with E-state index >= 15 is 0 Å². The van der Waals surface area contributed by atoms with Gasteiger partial charge in [0.15, 0.2) is 14.6 Å². The van der Waals surface area contributed by atoms with Crippen molar-refractivity contribution >= 4 is 33.1 Å². The van der Waals surface area contributed by atoms with Crippen LogP contribution in [0.5, 0.6) is 0 Å². The van der Waals surface area contributed by atoms with Crippen molar-refractivity contribution in [3.8, 4) is 0 Å². The number of amides is 1. The van der Waals surface area contributed by atoms with Crippen molar-refractivity contribution in [2.75, 3.05) is 12.9 Å². The standard InChI is InChI=1S/C17H20N2O5S2/c1-5-24-16(21)15-11(2)19(3)17(25-15)18-14(20)10-12-6-8-13(9-7-12)26(4,22)23/h6-9H,5,10H2,1-4H3. The maximum atomic E-state index is 12.2. The van der Waals surface area contributed by atoms with Gasteiger partial charge in [-0.05, 0) is 31.5 Å². The number of carbonyl (C=O) groups is 2. The van der Waals surface area contributed by atoms with Gasteiger partial charge in [0.2, 0.25) is 0 Å². The highest BCUT2D eigenvalue weighted by Gasteiger charge is 2.16. The predicted molar refractivity (Wildman–Crippen MR) is 97.8 cm³/mol. The average molecular weight is 396 g/mol. The van der Waals surface area contributed by atoms with Crippen LogP contribution < -0.4 is 4.80 Å². The van der Waals surface area contributed by atoms with Crippen LogP contribution in [-0.4, -0.2) is 37.7 Å². The van der Waals surface area contributed by atoms with Crippen LogP contribution >= 0.6 is 11.3 Å². The predicted octanol–water partition coefficient (Wildman–Crippen LogP) is 1.65. The van der Waals surface area contributed by atoms with Crippen molar-refractivity contribution in [1.82, 2.24) is 4.57 Å². The minimum atomic E-state index is -3.27. The quantitative estimate of drug-likeness (QED) is 0.716. The third-order valence-electron chi connectivity index (χ3n) is 3.70. The summed E-state index contributed by atoms with van der Waals surface area (Å²) in [5, 5.41) is 0. The lowest BCUT2D eigenvalue weighted by molar-refractivity contribution is -0.117. The molecule has 140 valence electrons. The van der Waals surface area contributed by atoms with E-state index in [1.165, 1.54) is 12.1 Å². The fourth-order valence-corrected chi connectivity index (χ4v) is 3.85. The van der Waals surface area contributed by atoms with Crippen LogP contribution in [-0.2, 0) is 32.8 Å². The molecule has 26 heavy (non-hydrogen) atoms. The molecule has 0 unspecified atom stereocenters. The number of hydrogen-bond donors (Lipinski definition) is 0. The Hall–Kier alpha value is -2.26. The summed E-state index contributed by atoms with van der Waals surface area (Å²) in [6.45, 7) is 3.76. The Bertz CT molecular complexity index is 999. The first-order chi connectivity index (χ1) is 12.1. The van der Waals surface area contributed by atoms with E-state index in [-0.39, 0.29) is 23.8 Å². The van der Waals surface area contributed by atoms with Gasteiger partial charge in [-0.15, -0.1) is 0 Å². The number of esters is 1. The lowest BCUT2D eigenvalue weighted by Crippen LogP contribution is -2.15. The molecule has 0 N–H and O–H groups in total. The normalized spacial score (nSPS) is 12.2. The van der Waals surface area contributed by atoms with E-state index in [0.717, 1.165) is 17.6 Å². The molecule has 7 nitrogen and oxygen atoms in total. The highest BCUT2D eigenvalue weighted by Crippen LogP contribution is 2.13. The Morgan fingerprint density at radius 3 is 2.38 bits per heavy atom. The third kappa shape index (κ3) is 4.67. The average Bonchev–Trinajstić information content (AvgIpc) is 2.83. The molecule has 9 heteroatoms. The third-order valence-corrected chi connectivity index (χ3v) is 6.04. The fraction of sp³-hybridized carbons (Fsp3) is 0.353. The zero-order valence-corrected chi connectivity index (χ0v) is 16.6. The number of aromatic nitrogens is 1. The maximum Gasteiger partial charge on any atom is 0.350 e. The zero-order valence-electron chi connectivity index (χ0n) is 15.0. The molecule has 1 heterocycles. The first kappa shape index (κ1) is 20.1. The van der Waals surface area contributed by atoms with Gasteiger partial charge in [0.05, 0.1) is 17.9 Å². The van der Waals surface area contributed by atoms with E-state index < -0.39 is 15.8 Å². The van der Waals surface area contributed by atoms with Crippen LogP contribution in [0.25, 0.3) is 0 Å². The summed E-state index contributed by atoms with van der Waals surface area (Å²) < 4.78 is 29.6. The Morgan fingerprint density at radius 2 is 1.85 bits per heavy atom. The van der Waals surface area contributed by atoms with Crippen molar-refractivity contribution in [1.29, 1.82) is 0 Å². The number of rotatable bonds is 5. The van der Waals surface area contributed by atoms with Gasteiger partial charge in [-0.1, -0.05) is 23.5 Å². The largest absolute Gasteiger partial charge is 0.462 e. The van der Waals surface area contributed by atoms with E-state index in [0.29, 0.717) is 20.9 Å². The van der Waals surface area contributed by atoms with E-state index in [9.17, 15) is 18.0 Å². The van der Waals surface area contributed by atoms with Gasteiger partial charge >= 0.3 is 5.97 Å². The molecule has 0 saturated carbocycles. The molecule has 0 aliphatic carbocycles. The van der Waals surface area contributed by atoms with Gasteiger partial charge < -0.3 is 9.30 Å². The highest BCUT2D eigenvalue weighted by molar-refractivity contribution is 7.90. The van der Waals surface area contributed by atoms with Crippen molar-refractivity contribution < 1.29 is 22.7 Å². The minimum absolute atomic E-state index is 0.0374. The van der Waals surface area contributed by atoms with Crippen molar-refractivity contribution in [2.24, 2.45) is 12.0 Å². The van der Waals surface area contributed by atoms with E-state index in [1.54, 1.807) is 37.6 Å². The van der Waals surface area contributed by atoms with Gasteiger partial charge in [-0.2, -0.15) is 4.99 Å². The van der Waals surface area contributed by atoms with Gasteiger partial charge in [-0.25, -0.2) is 13.2 Å². The number of hydrogen-bond acceptors (Lipinski definition) is 6. The smallest absolute Gasteiger partial charge is 0.350 e. The minimum Gasteiger partial charge on any atom is -0.462 e. The zero-order chi connectivity index (χ0) is 19.5. The van der Waals surface area contributed by atoms with Gasteiger partial charge in [-0.3, -0.25) is 4.79 Å². The second kappa shape index (κ2) is 7.96. The molecule has 0 fully saturated rings. The highest BCUT2D eigenvalue weighted by atomic mass is 32.2. The summed E-state index contributed by atoms with van der Waals surface area (Å²) in [7, 11) is -1.55. The first-order valence-corrected chi connectivity index (χ1v) is 10.5. The van der Waals surface area contributed by atoms with E-state index in [4.69, 9.17) is 4.74 Å². The fourth-order valence-electron chi connectivity index (χ4n) is 2.19. The number of sulfone groups is 1. The van der Waals surface area contributed by atoms with Crippen molar-refractivity contribution in [3.63, 3.8) is 0 Å². The number of benzene rings is 1. The SMILES string of the molecule is CCOC(=O)c1sc(=NC(=O)Cc2ccc(S(C)(=O)=O)cc2)n(C)c1C. The maximum absolute atomic E-state index is 12.2. The number of nitrogens with zero attached hydrogens (tertiary/aromatic N) is 2. The second-order valence-corrected chi connectivity index (χ2v) is 8.67. The lowest BCUT2D eigenvalue weighted by atomic mass is 10.1. The summed E-state index contributed by atoms with van der Waals surface area (Å²) >= 11 is 1.10. The molecule has 0 aliphatic heterocycles. The van der Waals surface area contributed by atoms with Crippen molar-refractivity contribution in [3.05, 3.63) is 45.2 Å². The molecule has 0 saturated heterocycles. The summed E-state index contributed by atoms with van der Waals surface area (Å²) in [6.07, 6.45) is 1.17. The lowest BCUT2D eigenvalue weighted by Gasteiger charge is -2.01. The molecule has 0 radical (unpaired) electrons.